The molecule has 0 saturated heterocycles. The third-order valence-corrected chi connectivity index (χ3v) is 2.40. The molecule has 0 heterocycles. The Balaban J connectivity index is 2.26. The van der Waals surface area contributed by atoms with Crippen molar-refractivity contribution in [2.75, 3.05) is 0 Å². The van der Waals surface area contributed by atoms with Crippen molar-refractivity contribution in [1.82, 2.24) is 5.32 Å². The highest BCUT2D eigenvalue weighted by molar-refractivity contribution is 5.67. The van der Waals surface area contributed by atoms with Crippen LogP contribution in [-0.2, 0) is 11.3 Å². The van der Waals surface area contributed by atoms with E-state index in [2.05, 4.69) is 19.2 Å². The first-order valence-corrected chi connectivity index (χ1v) is 6.05. The van der Waals surface area contributed by atoms with E-state index >= 15 is 0 Å². The van der Waals surface area contributed by atoms with Crippen molar-refractivity contribution >= 4 is 6.09 Å². The molecule has 94 valence electrons. The van der Waals surface area contributed by atoms with Gasteiger partial charge in [-0.1, -0.05) is 44.2 Å². The lowest BCUT2D eigenvalue weighted by Gasteiger charge is -2.15. The summed E-state index contributed by atoms with van der Waals surface area (Å²) in [5.74, 6) is 0.569. The predicted octanol–water partition coefficient (Wildman–Crippen LogP) is 3.35. The molecule has 1 amide bonds. The van der Waals surface area contributed by atoms with Gasteiger partial charge < -0.3 is 10.1 Å². The maximum Gasteiger partial charge on any atom is 0.407 e. The topological polar surface area (TPSA) is 38.3 Å². The van der Waals surface area contributed by atoms with Crippen LogP contribution in [-0.4, -0.2) is 12.1 Å². The summed E-state index contributed by atoms with van der Waals surface area (Å²) in [6, 6.07) is 9.82. The molecule has 1 aromatic rings. The lowest BCUT2D eigenvalue weighted by molar-refractivity contribution is 0.135. The highest BCUT2D eigenvalue weighted by atomic mass is 16.5. The number of alkyl carbamates (subject to hydrolysis) is 1. The number of rotatable bonds is 5. The maximum atomic E-state index is 11.5. The van der Waals surface area contributed by atoms with Crippen molar-refractivity contribution in [3.05, 3.63) is 35.9 Å². The Labute approximate surface area is 103 Å². The quantitative estimate of drug-likeness (QED) is 0.850. The van der Waals surface area contributed by atoms with Crippen molar-refractivity contribution in [3.63, 3.8) is 0 Å². The summed E-state index contributed by atoms with van der Waals surface area (Å²) in [4.78, 5) is 11.5. The van der Waals surface area contributed by atoms with Gasteiger partial charge in [0.05, 0.1) is 0 Å². The normalized spacial score (nSPS) is 12.2. The zero-order chi connectivity index (χ0) is 12.7. The molecular formula is C14H21NO2. The van der Waals surface area contributed by atoms with Crippen LogP contribution < -0.4 is 5.32 Å². The van der Waals surface area contributed by atoms with Gasteiger partial charge in [0.1, 0.15) is 6.61 Å². The van der Waals surface area contributed by atoms with E-state index in [0.29, 0.717) is 12.5 Å². The van der Waals surface area contributed by atoms with Crippen LogP contribution in [0.3, 0.4) is 0 Å². The zero-order valence-corrected chi connectivity index (χ0v) is 10.8. The van der Waals surface area contributed by atoms with E-state index in [-0.39, 0.29) is 12.1 Å². The van der Waals surface area contributed by atoms with E-state index in [1.165, 1.54) is 0 Å². The minimum absolute atomic E-state index is 0.151. The van der Waals surface area contributed by atoms with E-state index in [1.54, 1.807) is 0 Å². The number of carbonyl (C=O) groups is 1. The monoisotopic (exact) mass is 235 g/mol. The van der Waals surface area contributed by atoms with Gasteiger partial charge in [-0.3, -0.25) is 0 Å². The predicted molar refractivity (Wildman–Crippen MR) is 68.7 cm³/mol. The second-order valence-electron chi connectivity index (χ2n) is 4.74. The van der Waals surface area contributed by atoms with E-state index in [9.17, 15) is 4.79 Å². The van der Waals surface area contributed by atoms with E-state index in [4.69, 9.17) is 4.74 Å². The molecule has 0 saturated carbocycles. The number of amides is 1. The smallest absolute Gasteiger partial charge is 0.407 e. The number of hydrogen-bond acceptors (Lipinski definition) is 2. The summed E-state index contributed by atoms with van der Waals surface area (Å²) in [7, 11) is 0. The van der Waals surface area contributed by atoms with Crippen LogP contribution in [0.2, 0.25) is 0 Å². The molecule has 0 fully saturated rings. The first kappa shape index (κ1) is 13.6. The molecule has 1 atom stereocenters. The van der Waals surface area contributed by atoms with Gasteiger partial charge in [0.25, 0.3) is 0 Å². The molecule has 1 N–H and O–H groups in total. The molecule has 0 radical (unpaired) electrons. The molecular weight excluding hydrogens is 214 g/mol. The van der Waals surface area contributed by atoms with Crippen molar-refractivity contribution in [2.45, 2.75) is 39.8 Å². The lowest BCUT2D eigenvalue weighted by atomic mass is 10.1. The molecule has 0 spiro atoms. The van der Waals surface area contributed by atoms with Gasteiger partial charge in [0.15, 0.2) is 0 Å². The average molecular weight is 235 g/mol. The Morgan fingerprint density at radius 3 is 2.47 bits per heavy atom. The van der Waals surface area contributed by atoms with Crippen LogP contribution in [0.5, 0.6) is 0 Å². The maximum absolute atomic E-state index is 11.5. The first-order valence-electron chi connectivity index (χ1n) is 6.05. The molecule has 3 heteroatoms. The summed E-state index contributed by atoms with van der Waals surface area (Å²) < 4.78 is 5.13. The minimum atomic E-state index is -0.345. The molecule has 1 aromatic carbocycles. The molecule has 0 bridgehead atoms. The number of benzene rings is 1. The van der Waals surface area contributed by atoms with Crippen LogP contribution in [0.15, 0.2) is 30.3 Å². The summed E-state index contributed by atoms with van der Waals surface area (Å²) in [6.07, 6.45) is 0.613. The zero-order valence-electron chi connectivity index (χ0n) is 10.8. The summed E-state index contributed by atoms with van der Waals surface area (Å²) in [5.41, 5.74) is 0.999. The van der Waals surface area contributed by atoms with E-state index < -0.39 is 0 Å². The largest absolute Gasteiger partial charge is 0.445 e. The van der Waals surface area contributed by atoms with Gasteiger partial charge in [-0.25, -0.2) is 4.79 Å². The average Bonchev–Trinajstić information content (AvgIpc) is 2.26. The highest BCUT2D eigenvalue weighted by Gasteiger charge is 2.09. The minimum Gasteiger partial charge on any atom is -0.445 e. The number of ether oxygens (including phenoxy) is 1. The second-order valence-corrected chi connectivity index (χ2v) is 4.74. The van der Waals surface area contributed by atoms with E-state index in [1.807, 2.05) is 37.3 Å². The fourth-order valence-electron chi connectivity index (χ4n) is 1.73. The number of hydrogen-bond donors (Lipinski definition) is 1. The SMILES string of the molecule is CC(C)C[C@@H](C)NC(=O)OCc1ccccc1. The molecule has 3 nitrogen and oxygen atoms in total. The van der Waals surface area contributed by atoms with Gasteiger partial charge in [0, 0.05) is 6.04 Å². The van der Waals surface area contributed by atoms with Crippen LogP contribution in [0.4, 0.5) is 4.79 Å². The Bertz CT molecular complexity index is 335. The number of carbonyl (C=O) groups excluding carboxylic acids is 1. The summed E-state index contributed by atoms with van der Waals surface area (Å²) in [5, 5.41) is 2.82. The Hall–Kier alpha value is -1.51. The van der Waals surface area contributed by atoms with Crippen molar-refractivity contribution in [2.24, 2.45) is 5.92 Å². The third kappa shape index (κ3) is 5.95. The molecule has 0 unspecified atom stereocenters. The Morgan fingerprint density at radius 2 is 1.88 bits per heavy atom. The number of nitrogens with one attached hydrogen (secondary N) is 1. The van der Waals surface area contributed by atoms with Gasteiger partial charge in [-0.05, 0) is 24.8 Å². The summed E-state index contributed by atoms with van der Waals surface area (Å²) >= 11 is 0. The van der Waals surface area contributed by atoms with Crippen molar-refractivity contribution in [3.8, 4) is 0 Å². The molecule has 0 aromatic heterocycles. The Kier molecular flexibility index (Phi) is 5.53. The second kappa shape index (κ2) is 6.94. The van der Waals surface area contributed by atoms with Crippen LogP contribution >= 0.6 is 0 Å². The molecule has 0 aliphatic rings. The molecule has 1 rings (SSSR count). The first-order chi connectivity index (χ1) is 8.08. The molecule has 0 aliphatic carbocycles. The highest BCUT2D eigenvalue weighted by Crippen LogP contribution is 2.05. The molecule has 0 aliphatic heterocycles. The van der Waals surface area contributed by atoms with Crippen molar-refractivity contribution < 1.29 is 9.53 Å². The standard InChI is InChI=1S/C14H21NO2/c1-11(2)9-12(3)15-14(16)17-10-13-7-5-4-6-8-13/h4-8,11-12H,9-10H2,1-3H3,(H,15,16)/t12-/m1/s1. The fraction of sp³-hybridized carbons (Fsp3) is 0.500. The third-order valence-electron chi connectivity index (χ3n) is 2.40. The van der Waals surface area contributed by atoms with Gasteiger partial charge >= 0.3 is 6.09 Å². The Morgan fingerprint density at radius 1 is 1.24 bits per heavy atom. The van der Waals surface area contributed by atoms with Gasteiger partial charge in [-0.2, -0.15) is 0 Å². The van der Waals surface area contributed by atoms with Crippen LogP contribution in [0.1, 0.15) is 32.8 Å². The summed E-state index contributed by atoms with van der Waals surface area (Å²) in [6.45, 7) is 6.58. The van der Waals surface area contributed by atoms with Gasteiger partial charge in [-0.15, -0.1) is 0 Å². The van der Waals surface area contributed by atoms with Crippen LogP contribution in [0.25, 0.3) is 0 Å². The lowest BCUT2D eigenvalue weighted by Crippen LogP contribution is -2.33. The van der Waals surface area contributed by atoms with Crippen molar-refractivity contribution in [1.29, 1.82) is 0 Å². The van der Waals surface area contributed by atoms with Gasteiger partial charge in [0.2, 0.25) is 0 Å². The van der Waals surface area contributed by atoms with E-state index in [0.717, 1.165) is 12.0 Å². The van der Waals surface area contributed by atoms with Crippen LogP contribution in [0, 0.1) is 5.92 Å². The fourth-order valence-corrected chi connectivity index (χ4v) is 1.73. The molecule has 17 heavy (non-hydrogen) atoms.